The fraction of sp³-hybridized carbons (Fsp3) is 0.333. The Labute approximate surface area is 82.6 Å². The van der Waals surface area contributed by atoms with Crippen molar-refractivity contribution in [3.63, 3.8) is 0 Å². The molecule has 0 radical (unpaired) electrons. The van der Waals surface area contributed by atoms with E-state index < -0.39 is 0 Å². The molecular weight excluding hydrogens is 180 g/mol. The highest BCUT2D eigenvalue weighted by Gasteiger charge is 1.98. The largest absolute Gasteiger partial charge is 0.478 e. The van der Waals surface area contributed by atoms with Crippen LogP contribution in [-0.4, -0.2) is 24.0 Å². The van der Waals surface area contributed by atoms with E-state index in [-0.39, 0.29) is 5.84 Å². The lowest BCUT2D eigenvalue weighted by molar-refractivity contribution is 0.301. The highest BCUT2D eigenvalue weighted by atomic mass is 16.5. The molecule has 0 fully saturated rings. The third-order valence-electron chi connectivity index (χ3n) is 1.65. The van der Waals surface area contributed by atoms with Gasteiger partial charge in [0.05, 0.1) is 6.61 Å². The van der Waals surface area contributed by atoms with Crippen LogP contribution in [0.25, 0.3) is 0 Å². The quantitative estimate of drug-likeness (QED) is 0.351. The number of rotatable bonds is 5. The van der Waals surface area contributed by atoms with Gasteiger partial charge in [-0.05, 0) is 19.0 Å². The van der Waals surface area contributed by atoms with Crippen LogP contribution in [0.3, 0.4) is 0 Å². The first-order valence-corrected chi connectivity index (χ1v) is 4.37. The van der Waals surface area contributed by atoms with Crippen molar-refractivity contribution in [1.82, 2.24) is 4.98 Å². The Hall–Kier alpha value is -1.62. The summed E-state index contributed by atoms with van der Waals surface area (Å²) in [4.78, 5) is 3.99. The molecule has 1 aromatic heterocycles. The molecule has 1 heterocycles. The van der Waals surface area contributed by atoms with Crippen LogP contribution in [-0.2, 0) is 0 Å². The summed E-state index contributed by atoms with van der Waals surface area (Å²) < 4.78 is 5.28. The zero-order valence-electron chi connectivity index (χ0n) is 7.86. The van der Waals surface area contributed by atoms with Gasteiger partial charge >= 0.3 is 0 Å². The van der Waals surface area contributed by atoms with Crippen LogP contribution >= 0.6 is 0 Å². The van der Waals surface area contributed by atoms with E-state index in [4.69, 9.17) is 21.6 Å². The molecule has 5 nitrogen and oxygen atoms in total. The molecule has 1 aromatic rings. The van der Waals surface area contributed by atoms with Gasteiger partial charge < -0.3 is 16.2 Å². The van der Waals surface area contributed by atoms with Crippen molar-refractivity contribution in [1.29, 1.82) is 5.41 Å². The number of amidine groups is 1. The van der Waals surface area contributed by atoms with Crippen molar-refractivity contribution in [3.8, 4) is 5.88 Å². The van der Waals surface area contributed by atoms with Crippen LogP contribution in [0.2, 0.25) is 0 Å². The van der Waals surface area contributed by atoms with Crippen LogP contribution in [0.5, 0.6) is 5.88 Å². The Morgan fingerprint density at radius 1 is 1.50 bits per heavy atom. The lowest BCUT2D eigenvalue weighted by Gasteiger charge is -2.04. The van der Waals surface area contributed by atoms with E-state index in [0.29, 0.717) is 24.6 Å². The van der Waals surface area contributed by atoms with Crippen LogP contribution < -0.4 is 16.2 Å². The zero-order valence-corrected chi connectivity index (χ0v) is 7.86. The highest BCUT2D eigenvalue weighted by Crippen LogP contribution is 2.06. The number of hydrogen-bond donors (Lipinski definition) is 3. The monoisotopic (exact) mass is 194 g/mol. The molecule has 5 N–H and O–H groups in total. The molecule has 0 saturated carbocycles. The van der Waals surface area contributed by atoms with Gasteiger partial charge in [0, 0.05) is 17.8 Å². The Morgan fingerprint density at radius 3 is 2.79 bits per heavy atom. The molecule has 0 unspecified atom stereocenters. The summed E-state index contributed by atoms with van der Waals surface area (Å²) >= 11 is 0. The minimum atomic E-state index is 0.00556. The van der Waals surface area contributed by atoms with Gasteiger partial charge in [0.2, 0.25) is 5.88 Å². The van der Waals surface area contributed by atoms with E-state index in [9.17, 15) is 0 Å². The third-order valence-corrected chi connectivity index (χ3v) is 1.65. The lowest BCUT2D eigenvalue weighted by atomic mass is 10.3. The number of nitrogens with zero attached hydrogens (tertiary/aromatic N) is 1. The summed E-state index contributed by atoms with van der Waals surface area (Å²) in [5, 5.41) is 7.15. The normalized spacial score (nSPS) is 9.79. The van der Waals surface area contributed by atoms with E-state index in [2.05, 4.69) is 4.98 Å². The predicted octanol–water partition coefficient (Wildman–Crippen LogP) is 0.0933. The summed E-state index contributed by atoms with van der Waals surface area (Å²) in [6.07, 6.45) is 2.32. The Morgan fingerprint density at radius 2 is 2.29 bits per heavy atom. The molecule has 0 amide bonds. The van der Waals surface area contributed by atoms with Gasteiger partial charge in [-0.3, -0.25) is 5.41 Å². The van der Waals surface area contributed by atoms with Crippen molar-refractivity contribution in [3.05, 3.63) is 23.9 Å². The first kappa shape index (κ1) is 10.5. The molecule has 14 heavy (non-hydrogen) atoms. The molecule has 0 bridgehead atoms. The van der Waals surface area contributed by atoms with Gasteiger partial charge in [0.1, 0.15) is 5.84 Å². The molecule has 0 aliphatic carbocycles. The fourth-order valence-corrected chi connectivity index (χ4v) is 0.885. The van der Waals surface area contributed by atoms with Gasteiger partial charge in [-0.25, -0.2) is 4.98 Å². The van der Waals surface area contributed by atoms with Crippen LogP contribution in [0.1, 0.15) is 12.0 Å². The molecule has 0 atom stereocenters. The average Bonchev–Trinajstić information content (AvgIpc) is 2.19. The SMILES string of the molecule is N=C(N)c1ccc(OCCCN)nc1. The van der Waals surface area contributed by atoms with Gasteiger partial charge in [-0.1, -0.05) is 0 Å². The number of ether oxygens (including phenoxy) is 1. The molecular formula is C9H14N4O. The summed E-state index contributed by atoms with van der Waals surface area (Å²) in [5.74, 6) is 0.537. The molecule has 0 spiro atoms. The van der Waals surface area contributed by atoms with Crippen LogP contribution in [0.15, 0.2) is 18.3 Å². The van der Waals surface area contributed by atoms with Crippen molar-refractivity contribution >= 4 is 5.84 Å². The van der Waals surface area contributed by atoms with E-state index in [1.54, 1.807) is 12.1 Å². The van der Waals surface area contributed by atoms with Crippen molar-refractivity contribution in [2.45, 2.75) is 6.42 Å². The second kappa shape index (κ2) is 5.18. The molecule has 76 valence electrons. The zero-order chi connectivity index (χ0) is 10.4. The minimum Gasteiger partial charge on any atom is -0.478 e. The number of nitrogen functional groups attached to an aromatic ring is 1. The first-order chi connectivity index (χ1) is 6.74. The standard InChI is InChI=1S/C9H14N4O/c10-4-1-5-14-8-3-2-7(6-13-8)9(11)12/h2-3,6H,1,4-5,10H2,(H3,11,12). The van der Waals surface area contributed by atoms with Gasteiger partial charge in [0.25, 0.3) is 0 Å². The Balaban J connectivity index is 2.51. The second-order valence-electron chi connectivity index (χ2n) is 2.79. The average molecular weight is 194 g/mol. The first-order valence-electron chi connectivity index (χ1n) is 4.37. The third kappa shape index (κ3) is 3.02. The maximum absolute atomic E-state index is 7.15. The lowest BCUT2D eigenvalue weighted by Crippen LogP contribution is -2.11. The number of nitrogens with two attached hydrogens (primary N) is 2. The van der Waals surface area contributed by atoms with Crippen molar-refractivity contribution in [2.75, 3.05) is 13.2 Å². The maximum atomic E-state index is 7.15. The minimum absolute atomic E-state index is 0.00556. The van der Waals surface area contributed by atoms with Gasteiger partial charge in [0.15, 0.2) is 0 Å². The van der Waals surface area contributed by atoms with Crippen LogP contribution in [0, 0.1) is 5.41 Å². The predicted molar refractivity (Wildman–Crippen MR) is 54.4 cm³/mol. The summed E-state index contributed by atoms with van der Waals surface area (Å²) in [7, 11) is 0. The van der Waals surface area contributed by atoms with E-state index in [0.717, 1.165) is 6.42 Å². The summed E-state index contributed by atoms with van der Waals surface area (Å²) in [5.41, 5.74) is 11.2. The van der Waals surface area contributed by atoms with Crippen molar-refractivity contribution < 1.29 is 4.74 Å². The molecule has 0 aliphatic heterocycles. The smallest absolute Gasteiger partial charge is 0.213 e. The number of aromatic nitrogens is 1. The highest BCUT2D eigenvalue weighted by molar-refractivity contribution is 5.94. The van der Waals surface area contributed by atoms with Crippen molar-refractivity contribution in [2.24, 2.45) is 11.5 Å². The number of hydrogen-bond acceptors (Lipinski definition) is 4. The fourth-order valence-electron chi connectivity index (χ4n) is 0.885. The topological polar surface area (TPSA) is 98.0 Å². The molecule has 1 rings (SSSR count). The summed E-state index contributed by atoms with van der Waals surface area (Å²) in [6.45, 7) is 1.16. The van der Waals surface area contributed by atoms with Gasteiger partial charge in [-0.15, -0.1) is 0 Å². The maximum Gasteiger partial charge on any atom is 0.213 e. The Bertz CT molecular complexity index is 296. The Kier molecular flexibility index (Phi) is 3.87. The van der Waals surface area contributed by atoms with Crippen LogP contribution in [0.4, 0.5) is 0 Å². The van der Waals surface area contributed by atoms with Gasteiger partial charge in [-0.2, -0.15) is 0 Å². The second-order valence-corrected chi connectivity index (χ2v) is 2.79. The number of nitrogens with one attached hydrogen (secondary N) is 1. The van der Waals surface area contributed by atoms with E-state index in [1.165, 1.54) is 6.20 Å². The molecule has 0 aromatic carbocycles. The number of pyridine rings is 1. The van der Waals surface area contributed by atoms with E-state index >= 15 is 0 Å². The molecule has 5 heteroatoms. The summed E-state index contributed by atoms with van der Waals surface area (Å²) in [6, 6.07) is 3.39. The van der Waals surface area contributed by atoms with E-state index in [1.807, 2.05) is 0 Å². The molecule has 0 saturated heterocycles. The molecule has 0 aliphatic rings.